The summed E-state index contributed by atoms with van der Waals surface area (Å²) in [5, 5.41) is 2.90. The molecule has 0 radical (unpaired) electrons. The predicted octanol–water partition coefficient (Wildman–Crippen LogP) is 0.276. The first kappa shape index (κ1) is 9.19. The van der Waals surface area contributed by atoms with E-state index in [2.05, 4.69) is 5.32 Å². The van der Waals surface area contributed by atoms with E-state index >= 15 is 0 Å². The number of hydrogen-bond donors (Lipinski definition) is 1. The lowest BCUT2D eigenvalue weighted by molar-refractivity contribution is -0.142. The van der Waals surface area contributed by atoms with E-state index in [0.717, 1.165) is 25.8 Å². The third-order valence-corrected chi connectivity index (χ3v) is 3.94. The summed E-state index contributed by atoms with van der Waals surface area (Å²) in [6.45, 7) is 0.742. The van der Waals surface area contributed by atoms with Crippen molar-refractivity contribution in [3.8, 4) is 0 Å². The number of carbonyl (C=O) groups is 2. The third-order valence-electron chi connectivity index (χ3n) is 3.94. The standard InChI is InChI=1S/C11H16N2O2/c14-10-9-5-8(12-10)6-13(9)11(15)7-3-1-2-4-7/h7-9H,1-6H2,(H,12,14)/t8-,9-/m1/s1. The lowest BCUT2D eigenvalue weighted by Crippen LogP contribution is -2.51. The monoisotopic (exact) mass is 208 g/mol. The molecule has 2 amide bonds. The molecular weight excluding hydrogens is 192 g/mol. The molecule has 2 bridgehead atoms. The molecule has 1 aliphatic carbocycles. The van der Waals surface area contributed by atoms with Crippen LogP contribution in [0.15, 0.2) is 0 Å². The van der Waals surface area contributed by atoms with Crippen LogP contribution in [0.4, 0.5) is 0 Å². The zero-order valence-corrected chi connectivity index (χ0v) is 8.74. The van der Waals surface area contributed by atoms with Gasteiger partial charge in [-0.1, -0.05) is 12.8 Å². The average Bonchev–Trinajstić information content (AvgIpc) is 2.91. The van der Waals surface area contributed by atoms with Crippen LogP contribution in [0.5, 0.6) is 0 Å². The van der Waals surface area contributed by atoms with Gasteiger partial charge < -0.3 is 10.2 Å². The van der Waals surface area contributed by atoms with Crippen molar-refractivity contribution in [1.29, 1.82) is 0 Å². The number of fused-ring (bicyclic) bond motifs is 2. The minimum Gasteiger partial charge on any atom is -0.350 e. The Labute approximate surface area is 89.0 Å². The van der Waals surface area contributed by atoms with Gasteiger partial charge in [0.15, 0.2) is 0 Å². The second kappa shape index (κ2) is 3.22. The Balaban J connectivity index is 1.72. The number of nitrogens with one attached hydrogen (secondary N) is 1. The lowest BCUT2D eigenvalue weighted by atomic mass is 10.1. The Morgan fingerprint density at radius 1 is 1.33 bits per heavy atom. The molecule has 82 valence electrons. The van der Waals surface area contributed by atoms with Crippen molar-refractivity contribution in [2.45, 2.75) is 44.2 Å². The molecule has 3 aliphatic rings. The first-order valence-corrected chi connectivity index (χ1v) is 5.86. The maximum atomic E-state index is 12.1. The minimum absolute atomic E-state index is 0.0533. The molecule has 0 aromatic heterocycles. The van der Waals surface area contributed by atoms with Gasteiger partial charge in [-0.3, -0.25) is 9.59 Å². The average molecular weight is 208 g/mol. The maximum absolute atomic E-state index is 12.1. The zero-order valence-electron chi connectivity index (χ0n) is 8.74. The Kier molecular flexibility index (Phi) is 1.97. The van der Waals surface area contributed by atoms with Gasteiger partial charge in [-0.2, -0.15) is 0 Å². The van der Waals surface area contributed by atoms with Gasteiger partial charge in [-0.15, -0.1) is 0 Å². The largest absolute Gasteiger partial charge is 0.350 e. The van der Waals surface area contributed by atoms with E-state index in [1.165, 1.54) is 12.8 Å². The van der Waals surface area contributed by atoms with Crippen LogP contribution in [0.25, 0.3) is 0 Å². The number of piperazine rings is 1. The Bertz CT molecular complexity index is 310. The van der Waals surface area contributed by atoms with Crippen LogP contribution in [0, 0.1) is 5.92 Å². The van der Waals surface area contributed by atoms with Gasteiger partial charge in [0.2, 0.25) is 11.8 Å². The van der Waals surface area contributed by atoms with Crippen LogP contribution in [0.3, 0.4) is 0 Å². The van der Waals surface area contributed by atoms with Crippen LogP contribution < -0.4 is 5.32 Å². The van der Waals surface area contributed by atoms with Gasteiger partial charge in [-0.05, 0) is 19.3 Å². The number of rotatable bonds is 1. The minimum atomic E-state index is -0.150. The molecule has 2 saturated heterocycles. The van der Waals surface area contributed by atoms with Crippen molar-refractivity contribution < 1.29 is 9.59 Å². The fourth-order valence-corrected chi connectivity index (χ4v) is 3.14. The van der Waals surface area contributed by atoms with E-state index < -0.39 is 0 Å². The first-order chi connectivity index (χ1) is 7.25. The van der Waals surface area contributed by atoms with Crippen molar-refractivity contribution in [2.24, 2.45) is 5.92 Å². The number of amides is 2. The molecule has 0 unspecified atom stereocenters. The molecule has 4 nitrogen and oxygen atoms in total. The molecule has 2 atom stereocenters. The Hall–Kier alpha value is -1.06. The van der Waals surface area contributed by atoms with Crippen molar-refractivity contribution in [3.05, 3.63) is 0 Å². The van der Waals surface area contributed by atoms with E-state index in [4.69, 9.17) is 0 Å². The lowest BCUT2D eigenvalue weighted by Gasteiger charge is -2.28. The molecule has 2 heterocycles. The molecule has 3 rings (SSSR count). The molecule has 1 N–H and O–H groups in total. The molecule has 1 saturated carbocycles. The highest BCUT2D eigenvalue weighted by atomic mass is 16.2. The fourth-order valence-electron chi connectivity index (χ4n) is 3.14. The van der Waals surface area contributed by atoms with E-state index in [-0.39, 0.29) is 29.8 Å². The maximum Gasteiger partial charge on any atom is 0.243 e. The van der Waals surface area contributed by atoms with Crippen molar-refractivity contribution in [1.82, 2.24) is 10.2 Å². The number of likely N-dealkylation sites (tertiary alicyclic amines) is 1. The molecule has 4 heteroatoms. The quantitative estimate of drug-likeness (QED) is 0.672. The highest BCUT2D eigenvalue weighted by Crippen LogP contribution is 2.31. The summed E-state index contributed by atoms with van der Waals surface area (Å²) >= 11 is 0. The highest BCUT2D eigenvalue weighted by Gasteiger charge is 2.47. The predicted molar refractivity (Wildman–Crippen MR) is 54.0 cm³/mol. The Morgan fingerprint density at radius 2 is 2.07 bits per heavy atom. The van der Waals surface area contributed by atoms with Gasteiger partial charge in [0.05, 0.1) is 0 Å². The Morgan fingerprint density at radius 3 is 2.67 bits per heavy atom. The highest BCUT2D eigenvalue weighted by molar-refractivity contribution is 5.92. The smallest absolute Gasteiger partial charge is 0.243 e. The SMILES string of the molecule is O=C1N[C@@H]2C[C@H]1N(C(=O)C1CCCC1)C2. The number of hydrogen-bond acceptors (Lipinski definition) is 2. The molecule has 3 fully saturated rings. The van der Waals surface area contributed by atoms with E-state index in [1.54, 1.807) is 0 Å². The summed E-state index contributed by atoms with van der Waals surface area (Å²) in [4.78, 5) is 25.4. The van der Waals surface area contributed by atoms with E-state index in [0.29, 0.717) is 0 Å². The van der Waals surface area contributed by atoms with Gasteiger partial charge in [-0.25, -0.2) is 0 Å². The van der Waals surface area contributed by atoms with E-state index in [1.807, 2.05) is 4.90 Å². The van der Waals surface area contributed by atoms with Crippen molar-refractivity contribution in [3.63, 3.8) is 0 Å². The normalized spacial score (nSPS) is 34.9. The summed E-state index contributed by atoms with van der Waals surface area (Å²) in [6.07, 6.45) is 5.22. The molecule has 0 aromatic rings. The summed E-state index contributed by atoms with van der Waals surface area (Å²) in [5.74, 6) is 0.490. The van der Waals surface area contributed by atoms with Gasteiger partial charge >= 0.3 is 0 Å². The second-order valence-corrected chi connectivity index (χ2v) is 4.93. The molecule has 2 aliphatic heterocycles. The van der Waals surface area contributed by atoms with Crippen molar-refractivity contribution in [2.75, 3.05) is 6.54 Å². The van der Waals surface area contributed by atoms with Gasteiger partial charge in [0, 0.05) is 18.5 Å². The van der Waals surface area contributed by atoms with Gasteiger partial charge in [0.1, 0.15) is 6.04 Å². The zero-order chi connectivity index (χ0) is 10.4. The summed E-state index contributed by atoms with van der Waals surface area (Å²) < 4.78 is 0. The molecular formula is C11H16N2O2. The van der Waals surface area contributed by atoms with Crippen LogP contribution in [0.1, 0.15) is 32.1 Å². The first-order valence-electron chi connectivity index (χ1n) is 5.86. The molecule has 15 heavy (non-hydrogen) atoms. The third kappa shape index (κ3) is 1.34. The topological polar surface area (TPSA) is 49.4 Å². The van der Waals surface area contributed by atoms with E-state index in [9.17, 15) is 9.59 Å². The van der Waals surface area contributed by atoms with Crippen LogP contribution >= 0.6 is 0 Å². The van der Waals surface area contributed by atoms with Gasteiger partial charge in [0.25, 0.3) is 0 Å². The van der Waals surface area contributed by atoms with Crippen LogP contribution in [0.2, 0.25) is 0 Å². The summed E-state index contributed by atoms with van der Waals surface area (Å²) in [6, 6.07) is 0.0796. The fraction of sp³-hybridized carbons (Fsp3) is 0.818. The second-order valence-electron chi connectivity index (χ2n) is 4.93. The molecule has 0 aromatic carbocycles. The number of carbonyl (C=O) groups excluding carboxylic acids is 2. The summed E-state index contributed by atoms with van der Waals surface area (Å²) in [5.41, 5.74) is 0. The van der Waals surface area contributed by atoms with Crippen LogP contribution in [-0.2, 0) is 9.59 Å². The molecule has 0 spiro atoms. The number of nitrogens with zero attached hydrogens (tertiary/aromatic N) is 1. The van der Waals surface area contributed by atoms with Crippen molar-refractivity contribution >= 4 is 11.8 Å². The van der Waals surface area contributed by atoms with Crippen LogP contribution in [-0.4, -0.2) is 35.3 Å². The summed E-state index contributed by atoms with van der Waals surface area (Å²) in [7, 11) is 0.